The monoisotopic (exact) mass is 239 g/mol. The summed E-state index contributed by atoms with van der Waals surface area (Å²) >= 11 is 1.72. The third-order valence-corrected chi connectivity index (χ3v) is 4.56. The van der Waals surface area contributed by atoms with Crippen LogP contribution in [-0.4, -0.2) is 16.1 Å². The van der Waals surface area contributed by atoms with Crippen LogP contribution in [0.5, 0.6) is 0 Å². The zero-order valence-electron chi connectivity index (χ0n) is 9.69. The highest BCUT2D eigenvalue weighted by atomic mass is 32.1. The van der Waals surface area contributed by atoms with E-state index >= 15 is 0 Å². The summed E-state index contributed by atoms with van der Waals surface area (Å²) in [6, 6.07) is 0. The second kappa shape index (κ2) is 4.53. The number of aryl methyl sites for hydroxylation is 1. The fraction of sp³-hybridized carbons (Fsp3) is 0.667. The first-order valence-electron chi connectivity index (χ1n) is 5.79. The second-order valence-corrected chi connectivity index (χ2v) is 5.77. The van der Waals surface area contributed by atoms with Crippen molar-refractivity contribution in [1.29, 1.82) is 0 Å². The van der Waals surface area contributed by atoms with Crippen LogP contribution in [0.1, 0.15) is 60.5 Å². The van der Waals surface area contributed by atoms with Crippen LogP contribution < -0.4 is 0 Å². The number of hydrogen-bond donors (Lipinski definition) is 1. The van der Waals surface area contributed by atoms with E-state index in [1.807, 2.05) is 0 Å². The number of nitrogens with zero attached hydrogens (tertiary/aromatic N) is 1. The van der Waals surface area contributed by atoms with Gasteiger partial charge in [-0.05, 0) is 19.3 Å². The van der Waals surface area contributed by atoms with E-state index in [-0.39, 0.29) is 12.3 Å². The largest absolute Gasteiger partial charge is 0.481 e. The summed E-state index contributed by atoms with van der Waals surface area (Å²) in [5, 5.41) is 10.0. The molecule has 0 amide bonds. The molecule has 0 saturated carbocycles. The molecule has 0 bridgehead atoms. The van der Waals surface area contributed by atoms with Crippen molar-refractivity contribution in [1.82, 2.24) is 4.98 Å². The van der Waals surface area contributed by atoms with Crippen molar-refractivity contribution in [3.05, 3.63) is 15.6 Å². The minimum Gasteiger partial charge on any atom is -0.481 e. The minimum absolute atomic E-state index is 0.200. The molecule has 1 aliphatic rings. The van der Waals surface area contributed by atoms with E-state index in [4.69, 9.17) is 5.11 Å². The first kappa shape index (κ1) is 11.6. The molecule has 0 aromatic carbocycles. The van der Waals surface area contributed by atoms with E-state index < -0.39 is 5.97 Å². The van der Waals surface area contributed by atoms with Crippen LogP contribution in [0.15, 0.2) is 0 Å². The van der Waals surface area contributed by atoms with Crippen LogP contribution in [0.4, 0.5) is 0 Å². The molecule has 1 heterocycles. The van der Waals surface area contributed by atoms with Crippen molar-refractivity contribution < 1.29 is 9.90 Å². The SMILES string of the molecule is CC(C)c1nc2c(s1)C(CC(=O)O)CCC2. The molecular weight excluding hydrogens is 222 g/mol. The summed E-state index contributed by atoms with van der Waals surface area (Å²) < 4.78 is 0. The number of rotatable bonds is 3. The molecule has 0 spiro atoms. The molecule has 0 fully saturated rings. The Labute approximate surface area is 99.5 Å². The Balaban J connectivity index is 2.27. The molecule has 0 radical (unpaired) electrons. The molecule has 1 N–H and O–H groups in total. The van der Waals surface area contributed by atoms with Crippen molar-refractivity contribution in [2.75, 3.05) is 0 Å². The topological polar surface area (TPSA) is 50.2 Å². The van der Waals surface area contributed by atoms with Crippen LogP contribution in [0, 0.1) is 0 Å². The number of aliphatic carboxylic acids is 1. The third kappa shape index (κ3) is 2.26. The average Bonchev–Trinajstić information content (AvgIpc) is 2.61. The zero-order valence-corrected chi connectivity index (χ0v) is 10.5. The van der Waals surface area contributed by atoms with Gasteiger partial charge < -0.3 is 5.11 Å². The molecule has 1 atom stereocenters. The number of carboxylic acids is 1. The van der Waals surface area contributed by atoms with E-state index in [1.165, 1.54) is 4.88 Å². The molecule has 1 aliphatic carbocycles. The molecule has 0 saturated heterocycles. The molecule has 1 aromatic rings. The van der Waals surface area contributed by atoms with Crippen molar-refractivity contribution >= 4 is 17.3 Å². The van der Waals surface area contributed by atoms with Crippen LogP contribution in [0.25, 0.3) is 0 Å². The minimum atomic E-state index is -0.697. The Morgan fingerprint density at radius 2 is 2.38 bits per heavy atom. The van der Waals surface area contributed by atoms with Gasteiger partial charge in [-0.3, -0.25) is 4.79 Å². The van der Waals surface area contributed by atoms with Crippen LogP contribution in [0.2, 0.25) is 0 Å². The Morgan fingerprint density at radius 3 is 3.00 bits per heavy atom. The fourth-order valence-electron chi connectivity index (χ4n) is 2.18. The Hall–Kier alpha value is -0.900. The Kier molecular flexibility index (Phi) is 3.28. The lowest BCUT2D eigenvalue weighted by molar-refractivity contribution is -0.137. The van der Waals surface area contributed by atoms with Gasteiger partial charge in [0.25, 0.3) is 0 Å². The number of aromatic nitrogens is 1. The molecule has 4 heteroatoms. The van der Waals surface area contributed by atoms with Gasteiger partial charge in [0, 0.05) is 16.7 Å². The van der Waals surface area contributed by atoms with Crippen molar-refractivity contribution in [2.45, 2.75) is 51.4 Å². The highest BCUT2D eigenvalue weighted by Gasteiger charge is 2.26. The highest BCUT2D eigenvalue weighted by molar-refractivity contribution is 7.12. The lowest BCUT2D eigenvalue weighted by Crippen LogP contribution is -2.11. The zero-order chi connectivity index (χ0) is 11.7. The first-order valence-corrected chi connectivity index (χ1v) is 6.61. The smallest absolute Gasteiger partial charge is 0.303 e. The summed E-state index contributed by atoms with van der Waals surface area (Å²) in [5.41, 5.74) is 1.16. The summed E-state index contributed by atoms with van der Waals surface area (Å²) in [6.07, 6.45) is 3.35. The van der Waals surface area contributed by atoms with Crippen molar-refractivity contribution in [2.24, 2.45) is 0 Å². The number of carbonyl (C=O) groups is 1. The summed E-state index contributed by atoms with van der Waals surface area (Å²) in [4.78, 5) is 16.7. The number of hydrogen-bond acceptors (Lipinski definition) is 3. The maximum atomic E-state index is 10.8. The summed E-state index contributed by atoms with van der Waals surface area (Å²) in [6.45, 7) is 4.27. The predicted octanol–water partition coefficient (Wildman–Crippen LogP) is 3.16. The van der Waals surface area contributed by atoms with E-state index in [9.17, 15) is 4.79 Å². The molecule has 16 heavy (non-hydrogen) atoms. The van der Waals surface area contributed by atoms with Gasteiger partial charge in [-0.15, -0.1) is 11.3 Å². The first-order chi connectivity index (χ1) is 7.58. The highest BCUT2D eigenvalue weighted by Crippen LogP contribution is 2.39. The van der Waals surface area contributed by atoms with Gasteiger partial charge >= 0.3 is 5.97 Å². The number of carboxylic acid groups (broad SMARTS) is 1. The third-order valence-electron chi connectivity index (χ3n) is 3.00. The Morgan fingerprint density at radius 1 is 1.62 bits per heavy atom. The van der Waals surface area contributed by atoms with Crippen molar-refractivity contribution in [3.63, 3.8) is 0 Å². The molecular formula is C12H17NO2S. The van der Waals surface area contributed by atoms with E-state index in [0.29, 0.717) is 5.92 Å². The maximum absolute atomic E-state index is 10.8. The van der Waals surface area contributed by atoms with E-state index in [1.54, 1.807) is 11.3 Å². The molecule has 1 aromatic heterocycles. The van der Waals surface area contributed by atoms with Gasteiger partial charge in [0.1, 0.15) is 0 Å². The van der Waals surface area contributed by atoms with Gasteiger partial charge in [-0.1, -0.05) is 13.8 Å². The van der Waals surface area contributed by atoms with Gasteiger partial charge in [-0.2, -0.15) is 0 Å². The quantitative estimate of drug-likeness (QED) is 0.881. The lowest BCUT2D eigenvalue weighted by Gasteiger charge is -2.19. The average molecular weight is 239 g/mol. The number of thiazole rings is 1. The molecule has 1 unspecified atom stereocenters. The van der Waals surface area contributed by atoms with Crippen LogP contribution in [-0.2, 0) is 11.2 Å². The summed E-state index contributed by atoms with van der Waals surface area (Å²) in [7, 11) is 0. The van der Waals surface area contributed by atoms with E-state index in [0.717, 1.165) is 30.0 Å². The van der Waals surface area contributed by atoms with Gasteiger partial charge in [0.15, 0.2) is 0 Å². The van der Waals surface area contributed by atoms with Gasteiger partial charge in [0.2, 0.25) is 0 Å². The molecule has 3 nitrogen and oxygen atoms in total. The Bertz CT molecular complexity index is 398. The van der Waals surface area contributed by atoms with Crippen LogP contribution in [0.3, 0.4) is 0 Å². The van der Waals surface area contributed by atoms with Crippen molar-refractivity contribution in [3.8, 4) is 0 Å². The normalized spacial score (nSPS) is 19.8. The number of fused-ring (bicyclic) bond motifs is 1. The van der Waals surface area contributed by atoms with Gasteiger partial charge in [-0.25, -0.2) is 4.98 Å². The predicted molar refractivity (Wildman–Crippen MR) is 64.1 cm³/mol. The maximum Gasteiger partial charge on any atom is 0.303 e. The second-order valence-electron chi connectivity index (χ2n) is 4.70. The lowest BCUT2D eigenvalue weighted by atomic mass is 9.89. The van der Waals surface area contributed by atoms with E-state index in [2.05, 4.69) is 18.8 Å². The fourth-order valence-corrected chi connectivity index (χ4v) is 3.43. The molecule has 0 aliphatic heterocycles. The summed E-state index contributed by atoms with van der Waals surface area (Å²) in [5.74, 6) is -0.0512. The van der Waals surface area contributed by atoms with Gasteiger partial charge in [0.05, 0.1) is 17.1 Å². The molecule has 88 valence electrons. The standard InChI is InChI=1S/C12H17NO2S/c1-7(2)12-13-9-5-3-4-8(6-10(14)15)11(9)16-12/h7-8H,3-6H2,1-2H3,(H,14,15). The molecule has 2 rings (SSSR count). The van der Waals surface area contributed by atoms with Crippen LogP contribution >= 0.6 is 11.3 Å².